The van der Waals surface area contributed by atoms with E-state index in [0.29, 0.717) is 12.3 Å². The zero-order chi connectivity index (χ0) is 11.3. The highest BCUT2D eigenvalue weighted by molar-refractivity contribution is 5.02. The van der Waals surface area contributed by atoms with Gasteiger partial charge in [0.25, 0.3) is 0 Å². The second-order valence-corrected chi connectivity index (χ2v) is 3.74. The average molecular weight is 210 g/mol. The van der Waals surface area contributed by atoms with Crippen LogP contribution in [0.15, 0.2) is 18.6 Å². The van der Waals surface area contributed by atoms with Crippen LogP contribution in [0, 0.1) is 5.92 Å². The van der Waals surface area contributed by atoms with Crippen molar-refractivity contribution in [2.45, 2.75) is 33.0 Å². The molecule has 4 heteroatoms. The average Bonchev–Trinajstić information content (AvgIpc) is 2.26. The zero-order valence-electron chi connectivity index (χ0n) is 9.42. The number of nitrogens with zero attached hydrogens (tertiary/aromatic N) is 2. The molecular formula is C11H18N2O2. The van der Waals surface area contributed by atoms with E-state index in [1.165, 1.54) is 0 Å². The van der Waals surface area contributed by atoms with E-state index in [4.69, 9.17) is 4.74 Å². The molecular weight excluding hydrogens is 192 g/mol. The molecule has 15 heavy (non-hydrogen) atoms. The summed E-state index contributed by atoms with van der Waals surface area (Å²) in [7, 11) is 0. The Morgan fingerprint density at radius 3 is 2.60 bits per heavy atom. The maximum Gasteiger partial charge on any atom is 0.124 e. The number of hydrogen-bond donors (Lipinski definition) is 1. The molecule has 84 valence electrons. The van der Waals surface area contributed by atoms with Crippen molar-refractivity contribution >= 4 is 0 Å². The second-order valence-electron chi connectivity index (χ2n) is 3.74. The monoisotopic (exact) mass is 210 g/mol. The van der Waals surface area contributed by atoms with Gasteiger partial charge < -0.3 is 9.84 Å². The molecule has 1 aromatic heterocycles. The molecule has 1 aromatic rings. The maximum atomic E-state index is 10.1. The van der Waals surface area contributed by atoms with Crippen molar-refractivity contribution in [1.29, 1.82) is 0 Å². The van der Waals surface area contributed by atoms with Gasteiger partial charge in [-0.15, -0.1) is 0 Å². The molecule has 0 amide bonds. The first-order valence-electron chi connectivity index (χ1n) is 5.22. The van der Waals surface area contributed by atoms with Crippen molar-refractivity contribution in [2.24, 2.45) is 5.92 Å². The van der Waals surface area contributed by atoms with E-state index in [1.54, 1.807) is 18.6 Å². The predicted octanol–water partition coefficient (Wildman–Crippen LogP) is 1.57. The summed E-state index contributed by atoms with van der Waals surface area (Å²) in [6.45, 7) is 6.53. The van der Waals surface area contributed by atoms with Crippen molar-refractivity contribution < 1.29 is 9.84 Å². The van der Waals surface area contributed by atoms with Crippen LogP contribution in [0.25, 0.3) is 0 Å². The minimum Gasteiger partial charge on any atom is -0.384 e. The van der Waals surface area contributed by atoms with Gasteiger partial charge in [0.05, 0.1) is 18.0 Å². The van der Waals surface area contributed by atoms with Crippen LogP contribution in [0.4, 0.5) is 0 Å². The molecule has 0 aliphatic rings. The van der Waals surface area contributed by atoms with Crippen LogP contribution >= 0.6 is 0 Å². The van der Waals surface area contributed by atoms with E-state index >= 15 is 0 Å². The van der Waals surface area contributed by atoms with Crippen molar-refractivity contribution in [3.8, 4) is 0 Å². The summed E-state index contributed by atoms with van der Waals surface area (Å²) in [4.78, 5) is 8.00. The molecule has 2 unspecified atom stereocenters. The number of ether oxygens (including phenoxy) is 1. The molecule has 1 heterocycles. The van der Waals surface area contributed by atoms with Gasteiger partial charge >= 0.3 is 0 Å². The molecule has 1 rings (SSSR count). The molecule has 0 fully saturated rings. The lowest BCUT2D eigenvalue weighted by atomic mass is 9.99. The van der Waals surface area contributed by atoms with Crippen molar-refractivity contribution in [3.63, 3.8) is 0 Å². The van der Waals surface area contributed by atoms with Gasteiger partial charge in [-0.2, -0.15) is 0 Å². The number of hydrogen-bond acceptors (Lipinski definition) is 4. The Labute approximate surface area is 90.3 Å². The Bertz CT molecular complexity index is 277. The minimum absolute atomic E-state index is 0.230. The lowest BCUT2D eigenvalue weighted by Gasteiger charge is -2.25. The van der Waals surface area contributed by atoms with Gasteiger partial charge in [-0.25, -0.2) is 0 Å². The highest BCUT2D eigenvalue weighted by atomic mass is 16.5. The van der Waals surface area contributed by atoms with E-state index in [1.807, 2.05) is 20.8 Å². The lowest BCUT2D eigenvalue weighted by Crippen LogP contribution is -2.28. The largest absolute Gasteiger partial charge is 0.384 e. The quantitative estimate of drug-likeness (QED) is 0.801. The van der Waals surface area contributed by atoms with Gasteiger partial charge in [0.1, 0.15) is 6.10 Å². The highest BCUT2D eigenvalue weighted by Crippen LogP contribution is 2.22. The van der Waals surface area contributed by atoms with Gasteiger partial charge in [-0.05, 0) is 12.8 Å². The van der Waals surface area contributed by atoms with Crippen LogP contribution in [0.1, 0.15) is 32.6 Å². The lowest BCUT2D eigenvalue weighted by molar-refractivity contribution is -0.0603. The van der Waals surface area contributed by atoms with Gasteiger partial charge in [0.2, 0.25) is 0 Å². The number of aromatic nitrogens is 2. The third-order valence-corrected chi connectivity index (χ3v) is 2.21. The first-order valence-corrected chi connectivity index (χ1v) is 5.22. The van der Waals surface area contributed by atoms with E-state index < -0.39 is 6.10 Å². The summed E-state index contributed by atoms with van der Waals surface area (Å²) in [6, 6.07) is 0. The fraction of sp³-hybridized carbons (Fsp3) is 0.636. The highest BCUT2D eigenvalue weighted by Gasteiger charge is 2.25. The molecule has 0 saturated heterocycles. The molecule has 0 aliphatic heterocycles. The first-order chi connectivity index (χ1) is 7.16. The van der Waals surface area contributed by atoms with Crippen LogP contribution in [0.5, 0.6) is 0 Å². The fourth-order valence-corrected chi connectivity index (χ4v) is 1.47. The van der Waals surface area contributed by atoms with E-state index in [9.17, 15) is 5.11 Å². The summed E-state index contributed by atoms with van der Waals surface area (Å²) in [5, 5.41) is 10.1. The first kappa shape index (κ1) is 12.1. The van der Waals surface area contributed by atoms with Crippen LogP contribution in [-0.2, 0) is 4.74 Å². The smallest absolute Gasteiger partial charge is 0.124 e. The Balaban J connectivity index is 2.76. The third kappa shape index (κ3) is 3.25. The van der Waals surface area contributed by atoms with Crippen molar-refractivity contribution in [2.75, 3.05) is 6.61 Å². The Hall–Kier alpha value is -1.00. The van der Waals surface area contributed by atoms with Gasteiger partial charge in [-0.1, -0.05) is 13.8 Å². The summed E-state index contributed by atoms with van der Waals surface area (Å²) >= 11 is 0. The second kappa shape index (κ2) is 5.78. The maximum absolute atomic E-state index is 10.1. The Morgan fingerprint density at radius 1 is 1.40 bits per heavy atom. The van der Waals surface area contributed by atoms with Crippen LogP contribution in [0.3, 0.4) is 0 Å². The third-order valence-electron chi connectivity index (χ3n) is 2.21. The van der Waals surface area contributed by atoms with Crippen LogP contribution in [-0.4, -0.2) is 27.8 Å². The van der Waals surface area contributed by atoms with Crippen molar-refractivity contribution in [1.82, 2.24) is 9.97 Å². The molecule has 0 saturated carbocycles. The molecule has 0 aliphatic carbocycles. The van der Waals surface area contributed by atoms with E-state index in [2.05, 4.69) is 9.97 Å². The summed E-state index contributed by atoms with van der Waals surface area (Å²) < 4.78 is 5.50. The minimum atomic E-state index is -0.710. The molecule has 0 radical (unpaired) electrons. The topological polar surface area (TPSA) is 55.2 Å². The number of aliphatic hydroxyl groups is 1. The van der Waals surface area contributed by atoms with Gasteiger partial charge in [0, 0.05) is 19.0 Å². The molecule has 0 spiro atoms. The summed E-state index contributed by atoms with van der Waals surface area (Å²) in [5.74, 6) is 0.238. The Kier molecular flexibility index (Phi) is 4.65. The molecule has 4 nitrogen and oxygen atoms in total. The fourth-order valence-electron chi connectivity index (χ4n) is 1.47. The number of rotatable bonds is 5. The van der Waals surface area contributed by atoms with E-state index in [0.717, 1.165) is 0 Å². The Morgan fingerprint density at radius 2 is 2.13 bits per heavy atom. The molecule has 1 N–H and O–H groups in total. The molecule has 0 aromatic carbocycles. The van der Waals surface area contributed by atoms with Gasteiger partial charge in [-0.3, -0.25) is 9.97 Å². The SMILES string of the molecule is CCOC(C(C)C)C(O)c1cnccn1. The van der Waals surface area contributed by atoms with Gasteiger partial charge in [0.15, 0.2) is 0 Å². The van der Waals surface area contributed by atoms with E-state index in [-0.39, 0.29) is 12.0 Å². The number of aliphatic hydroxyl groups excluding tert-OH is 1. The van der Waals surface area contributed by atoms with Crippen LogP contribution in [0.2, 0.25) is 0 Å². The zero-order valence-corrected chi connectivity index (χ0v) is 9.42. The predicted molar refractivity (Wildman–Crippen MR) is 57.2 cm³/mol. The van der Waals surface area contributed by atoms with Crippen molar-refractivity contribution in [3.05, 3.63) is 24.3 Å². The summed E-state index contributed by atoms with van der Waals surface area (Å²) in [6.07, 6.45) is 3.78. The molecule has 2 atom stereocenters. The standard InChI is InChI=1S/C11H18N2O2/c1-4-15-11(8(2)3)10(14)9-7-12-5-6-13-9/h5-8,10-11,14H,4H2,1-3H3. The van der Waals surface area contributed by atoms with Crippen LogP contribution < -0.4 is 0 Å². The summed E-state index contributed by atoms with van der Waals surface area (Å²) in [5.41, 5.74) is 0.560. The molecule has 0 bridgehead atoms. The normalized spacial score (nSPS) is 15.3.